The number of hydrogen-bond acceptors (Lipinski definition) is 6. The molecule has 0 N–H and O–H groups in total. The molecule has 1 fully saturated rings. The molecular formula is C23H31N5O3. The normalized spacial score (nSPS) is 22.7. The van der Waals surface area contributed by atoms with Gasteiger partial charge in [-0.2, -0.15) is 0 Å². The van der Waals surface area contributed by atoms with Crippen molar-refractivity contribution in [2.45, 2.75) is 52.9 Å². The van der Waals surface area contributed by atoms with Crippen molar-refractivity contribution in [1.29, 1.82) is 0 Å². The third kappa shape index (κ3) is 3.69. The Morgan fingerprint density at radius 2 is 1.90 bits per heavy atom. The highest BCUT2D eigenvalue weighted by Crippen LogP contribution is 2.34. The molecule has 4 rings (SSSR count). The standard InChI is InChI=1S/C23H31N5O3/c1-6-31-11-7-10-26-17(4)13-27-19-20(24-22(26)27)25(5)23(30)28(21(19)29)14-18-12-15(2)8-9-16(18)3/h8-9,12-13,19-20H,6-7,10-11,14H2,1-5H3. The van der Waals surface area contributed by atoms with E-state index in [-0.39, 0.29) is 18.5 Å². The number of imide groups is 1. The van der Waals surface area contributed by atoms with Gasteiger partial charge in [0, 0.05) is 38.7 Å². The highest BCUT2D eigenvalue weighted by atomic mass is 16.5. The molecule has 0 aromatic heterocycles. The van der Waals surface area contributed by atoms with E-state index in [2.05, 4.69) is 4.90 Å². The minimum Gasteiger partial charge on any atom is -0.382 e. The van der Waals surface area contributed by atoms with Gasteiger partial charge in [-0.15, -0.1) is 0 Å². The molecule has 2 atom stereocenters. The van der Waals surface area contributed by atoms with Crippen molar-refractivity contribution < 1.29 is 14.3 Å². The predicted octanol–water partition coefficient (Wildman–Crippen LogP) is 2.67. The molecule has 1 saturated heterocycles. The second-order valence-electron chi connectivity index (χ2n) is 8.42. The van der Waals surface area contributed by atoms with Crippen LogP contribution in [0.5, 0.6) is 0 Å². The summed E-state index contributed by atoms with van der Waals surface area (Å²) in [6.45, 7) is 10.4. The van der Waals surface area contributed by atoms with E-state index in [1.54, 1.807) is 11.9 Å². The first-order chi connectivity index (χ1) is 14.8. The maximum atomic E-state index is 13.5. The topological polar surface area (TPSA) is 68.7 Å². The zero-order chi connectivity index (χ0) is 22.3. The Balaban J connectivity index is 1.56. The van der Waals surface area contributed by atoms with Crippen LogP contribution in [0.25, 0.3) is 0 Å². The summed E-state index contributed by atoms with van der Waals surface area (Å²) < 4.78 is 5.46. The molecule has 0 saturated carbocycles. The van der Waals surface area contributed by atoms with Gasteiger partial charge in [0.15, 0.2) is 12.2 Å². The number of fused-ring (bicyclic) bond motifs is 3. The van der Waals surface area contributed by atoms with E-state index in [0.717, 1.165) is 41.3 Å². The lowest BCUT2D eigenvalue weighted by Gasteiger charge is -2.40. The third-order valence-electron chi connectivity index (χ3n) is 6.21. The molecule has 0 aliphatic carbocycles. The Hall–Kier alpha value is -2.87. The van der Waals surface area contributed by atoms with Gasteiger partial charge in [0.05, 0.1) is 6.54 Å². The number of aliphatic imine (C=N–C) groups is 1. The number of guanidine groups is 1. The fraction of sp³-hybridized carbons (Fsp3) is 0.522. The number of carbonyl (C=O) groups excluding carboxylic acids is 2. The van der Waals surface area contributed by atoms with Crippen LogP contribution < -0.4 is 0 Å². The number of hydrogen-bond donors (Lipinski definition) is 0. The minimum atomic E-state index is -0.533. The first kappa shape index (κ1) is 21.4. The van der Waals surface area contributed by atoms with E-state index in [1.165, 1.54) is 4.90 Å². The van der Waals surface area contributed by atoms with E-state index >= 15 is 0 Å². The van der Waals surface area contributed by atoms with E-state index in [0.29, 0.717) is 13.2 Å². The molecule has 1 aromatic carbocycles. The van der Waals surface area contributed by atoms with Crippen molar-refractivity contribution in [3.8, 4) is 0 Å². The van der Waals surface area contributed by atoms with Gasteiger partial charge in [0.1, 0.15) is 0 Å². The highest BCUT2D eigenvalue weighted by molar-refractivity contribution is 6.04. The van der Waals surface area contributed by atoms with Crippen LogP contribution in [0.2, 0.25) is 0 Å². The van der Waals surface area contributed by atoms with Crippen molar-refractivity contribution in [2.24, 2.45) is 4.99 Å². The summed E-state index contributed by atoms with van der Waals surface area (Å²) in [5.74, 6) is 0.540. The van der Waals surface area contributed by atoms with Crippen LogP contribution in [-0.2, 0) is 16.1 Å². The predicted molar refractivity (Wildman–Crippen MR) is 118 cm³/mol. The molecule has 31 heavy (non-hydrogen) atoms. The number of allylic oxidation sites excluding steroid dienone is 1. The number of benzene rings is 1. The minimum absolute atomic E-state index is 0.201. The van der Waals surface area contributed by atoms with Gasteiger partial charge < -0.3 is 19.4 Å². The molecular weight excluding hydrogens is 394 g/mol. The average molecular weight is 426 g/mol. The van der Waals surface area contributed by atoms with Crippen molar-refractivity contribution in [3.05, 3.63) is 46.8 Å². The van der Waals surface area contributed by atoms with Crippen molar-refractivity contribution in [3.63, 3.8) is 0 Å². The van der Waals surface area contributed by atoms with Gasteiger partial charge in [-0.3, -0.25) is 9.69 Å². The molecule has 3 amide bonds. The Bertz CT molecular complexity index is 957. The van der Waals surface area contributed by atoms with E-state index in [9.17, 15) is 9.59 Å². The Morgan fingerprint density at radius 3 is 2.65 bits per heavy atom. The highest BCUT2D eigenvalue weighted by Gasteiger charge is 2.54. The molecule has 0 spiro atoms. The molecule has 1 aromatic rings. The van der Waals surface area contributed by atoms with E-state index < -0.39 is 12.2 Å². The molecule has 8 nitrogen and oxygen atoms in total. The van der Waals surface area contributed by atoms with Crippen LogP contribution in [0.4, 0.5) is 4.79 Å². The van der Waals surface area contributed by atoms with Gasteiger partial charge in [0.25, 0.3) is 5.91 Å². The van der Waals surface area contributed by atoms with Crippen molar-refractivity contribution in [2.75, 3.05) is 26.8 Å². The summed E-state index contributed by atoms with van der Waals surface area (Å²) in [7, 11) is 1.73. The summed E-state index contributed by atoms with van der Waals surface area (Å²) in [6, 6.07) is 5.27. The zero-order valence-corrected chi connectivity index (χ0v) is 19.0. The number of amides is 3. The Labute approximate surface area is 183 Å². The summed E-state index contributed by atoms with van der Waals surface area (Å²) >= 11 is 0. The number of rotatable bonds is 7. The number of nitrogens with zero attached hydrogens (tertiary/aromatic N) is 5. The van der Waals surface area contributed by atoms with Crippen LogP contribution in [0, 0.1) is 13.8 Å². The lowest BCUT2D eigenvalue weighted by molar-refractivity contribution is -0.137. The number of carbonyl (C=O) groups is 2. The van der Waals surface area contributed by atoms with Gasteiger partial charge in [0.2, 0.25) is 5.96 Å². The second-order valence-corrected chi connectivity index (χ2v) is 8.42. The number of aryl methyl sites for hydroxylation is 2. The number of likely N-dealkylation sites (N-methyl/N-ethyl adjacent to an activating group) is 1. The first-order valence-electron chi connectivity index (χ1n) is 10.9. The van der Waals surface area contributed by atoms with Gasteiger partial charge in [-0.05, 0) is 45.2 Å². The van der Waals surface area contributed by atoms with Gasteiger partial charge in [-0.1, -0.05) is 23.8 Å². The monoisotopic (exact) mass is 425 g/mol. The molecule has 0 bridgehead atoms. The maximum absolute atomic E-state index is 13.5. The molecule has 8 heteroatoms. The summed E-state index contributed by atoms with van der Waals surface area (Å²) in [5.41, 5.74) is 4.20. The largest absolute Gasteiger partial charge is 0.382 e. The fourth-order valence-electron chi connectivity index (χ4n) is 4.43. The first-order valence-corrected chi connectivity index (χ1v) is 10.9. The summed E-state index contributed by atoms with van der Waals surface area (Å²) in [4.78, 5) is 38.4. The van der Waals surface area contributed by atoms with Gasteiger partial charge in [-0.25, -0.2) is 9.79 Å². The Kier molecular flexibility index (Phi) is 5.75. The van der Waals surface area contributed by atoms with Crippen molar-refractivity contribution >= 4 is 17.9 Å². The van der Waals surface area contributed by atoms with Crippen LogP contribution in [0.1, 0.15) is 37.0 Å². The summed E-state index contributed by atoms with van der Waals surface area (Å²) in [6.07, 6.45) is 2.33. The third-order valence-corrected chi connectivity index (χ3v) is 6.21. The van der Waals surface area contributed by atoms with Crippen LogP contribution in [-0.4, -0.2) is 76.5 Å². The molecule has 2 unspecified atom stereocenters. The lowest BCUT2D eigenvalue weighted by atomic mass is 10.0. The lowest BCUT2D eigenvalue weighted by Crippen LogP contribution is -2.63. The molecule has 0 radical (unpaired) electrons. The van der Waals surface area contributed by atoms with E-state index in [1.807, 2.05) is 57.0 Å². The van der Waals surface area contributed by atoms with Gasteiger partial charge >= 0.3 is 6.03 Å². The van der Waals surface area contributed by atoms with E-state index in [4.69, 9.17) is 9.73 Å². The van der Waals surface area contributed by atoms with Crippen LogP contribution >= 0.6 is 0 Å². The molecule has 3 heterocycles. The zero-order valence-electron chi connectivity index (χ0n) is 19.0. The quantitative estimate of drug-likeness (QED) is 0.629. The number of urea groups is 1. The SMILES string of the molecule is CCOCCCN1C(C)=CN2C1=NC1C2C(=O)N(Cc2cc(C)ccc2C)C(=O)N1C. The smallest absolute Gasteiger partial charge is 0.328 e. The van der Waals surface area contributed by atoms with Crippen LogP contribution in [0.3, 0.4) is 0 Å². The second kappa shape index (κ2) is 8.34. The number of ether oxygens (including phenoxy) is 1. The summed E-state index contributed by atoms with van der Waals surface area (Å²) in [5, 5.41) is 0. The van der Waals surface area contributed by atoms with Crippen LogP contribution in [0.15, 0.2) is 35.1 Å². The molecule has 3 aliphatic rings. The fourth-order valence-corrected chi connectivity index (χ4v) is 4.43. The Morgan fingerprint density at radius 1 is 1.13 bits per heavy atom. The maximum Gasteiger partial charge on any atom is 0.328 e. The molecule has 3 aliphatic heterocycles. The van der Waals surface area contributed by atoms with Crippen molar-refractivity contribution in [1.82, 2.24) is 19.6 Å². The average Bonchev–Trinajstić information content (AvgIpc) is 3.24. The molecule has 166 valence electrons.